The molecule has 1 unspecified atom stereocenters. The molecule has 1 aromatic carbocycles. The Morgan fingerprint density at radius 3 is 2.66 bits per heavy atom. The van der Waals surface area contributed by atoms with Crippen LogP contribution in [0.1, 0.15) is 38.1 Å². The van der Waals surface area contributed by atoms with Crippen molar-refractivity contribution in [3.8, 4) is 22.6 Å². The Morgan fingerprint density at radius 1 is 1.22 bits per heavy atom. The highest BCUT2D eigenvalue weighted by Crippen LogP contribution is 2.41. The van der Waals surface area contributed by atoms with E-state index in [1.807, 2.05) is 6.07 Å². The lowest BCUT2D eigenvalue weighted by molar-refractivity contribution is -0.689. The molecule has 6 nitrogen and oxygen atoms in total. The third-order valence-electron chi connectivity index (χ3n) is 5.90. The van der Waals surface area contributed by atoms with E-state index in [0.29, 0.717) is 6.42 Å². The number of benzene rings is 1. The number of esters is 1. The topological polar surface area (TPSA) is 51.6 Å². The van der Waals surface area contributed by atoms with Crippen LogP contribution in [0.2, 0.25) is 0 Å². The summed E-state index contributed by atoms with van der Waals surface area (Å²) >= 11 is 1.78. The lowest BCUT2D eigenvalue weighted by atomic mass is 10.1. The van der Waals surface area contributed by atoms with Crippen molar-refractivity contribution >= 4 is 28.1 Å². The standard InChI is InChI=1S/C25H29N4O2S/c1-16-21(17-10-7-6-8-11-17)29-23(26-25(2,3)4)22-19-12-9-13-27(19)15-18(14-20(30)31-5)28(22)24(29)32-16/h6-13,18,26H,14-15H2,1-5H3/q+1. The Kier molecular flexibility index (Phi) is 4.89. The number of rotatable bonds is 4. The summed E-state index contributed by atoms with van der Waals surface area (Å²) in [5.41, 5.74) is 4.51. The van der Waals surface area contributed by atoms with Crippen LogP contribution in [0, 0.1) is 6.92 Å². The number of ether oxygens (including phenoxy) is 1. The minimum Gasteiger partial charge on any atom is -0.469 e. The second kappa shape index (κ2) is 7.52. The molecule has 0 radical (unpaired) electrons. The highest BCUT2D eigenvalue weighted by molar-refractivity contribution is 7.17. The smallest absolute Gasteiger partial charge is 0.349 e. The van der Waals surface area contributed by atoms with Gasteiger partial charge in [0.1, 0.15) is 6.04 Å². The van der Waals surface area contributed by atoms with Crippen LogP contribution in [-0.2, 0) is 16.1 Å². The average molecular weight is 450 g/mol. The van der Waals surface area contributed by atoms with Gasteiger partial charge < -0.3 is 14.6 Å². The lowest BCUT2D eigenvalue weighted by Crippen LogP contribution is -2.47. The zero-order chi connectivity index (χ0) is 22.6. The number of aryl methyl sites for hydroxylation is 1. The van der Waals surface area contributed by atoms with E-state index in [2.05, 4.69) is 89.1 Å². The first-order valence-electron chi connectivity index (χ1n) is 10.9. The van der Waals surface area contributed by atoms with Crippen molar-refractivity contribution in [1.29, 1.82) is 0 Å². The summed E-state index contributed by atoms with van der Waals surface area (Å²) in [5, 5.41) is 3.79. The first-order valence-corrected chi connectivity index (χ1v) is 11.8. The monoisotopic (exact) mass is 449 g/mol. The predicted octanol–water partition coefficient (Wildman–Crippen LogP) is 5.06. The Bertz CT molecular complexity index is 1310. The van der Waals surface area contributed by atoms with Crippen molar-refractivity contribution in [3.05, 3.63) is 53.5 Å². The molecular formula is C25H29N4O2S+. The largest absolute Gasteiger partial charge is 0.469 e. The average Bonchev–Trinajstić information content (AvgIpc) is 3.41. The molecule has 0 saturated carbocycles. The zero-order valence-corrected chi connectivity index (χ0v) is 20.0. The van der Waals surface area contributed by atoms with Crippen molar-refractivity contribution in [2.45, 2.75) is 52.2 Å². The van der Waals surface area contributed by atoms with Crippen LogP contribution in [0.25, 0.3) is 27.6 Å². The lowest BCUT2D eigenvalue weighted by Gasteiger charge is -2.24. The van der Waals surface area contributed by atoms with Gasteiger partial charge in [0.2, 0.25) is 5.69 Å². The summed E-state index contributed by atoms with van der Waals surface area (Å²) in [6.45, 7) is 9.45. The molecule has 166 valence electrons. The number of carbonyl (C=O) groups excluding carboxylic acids is 1. The summed E-state index contributed by atoms with van der Waals surface area (Å²) in [6, 6.07) is 14.7. The van der Waals surface area contributed by atoms with E-state index in [0.717, 1.165) is 28.7 Å². The quantitative estimate of drug-likeness (QED) is 0.350. The molecule has 1 atom stereocenters. The van der Waals surface area contributed by atoms with E-state index in [1.54, 1.807) is 11.3 Å². The summed E-state index contributed by atoms with van der Waals surface area (Å²) < 4.78 is 12.0. The third kappa shape index (κ3) is 3.32. The number of hydrogen-bond acceptors (Lipinski definition) is 4. The first-order chi connectivity index (χ1) is 15.3. The van der Waals surface area contributed by atoms with E-state index in [4.69, 9.17) is 4.74 Å². The summed E-state index contributed by atoms with van der Waals surface area (Å²) in [5.74, 6) is 0.871. The van der Waals surface area contributed by atoms with Gasteiger partial charge in [-0.05, 0) is 39.8 Å². The van der Waals surface area contributed by atoms with Crippen LogP contribution in [0.15, 0.2) is 48.7 Å². The molecule has 32 heavy (non-hydrogen) atoms. The number of carbonyl (C=O) groups is 1. The zero-order valence-electron chi connectivity index (χ0n) is 19.2. The minimum absolute atomic E-state index is 0.0236. The van der Waals surface area contributed by atoms with Gasteiger partial charge in [0.15, 0.2) is 5.69 Å². The van der Waals surface area contributed by atoms with Crippen LogP contribution >= 0.6 is 11.3 Å². The van der Waals surface area contributed by atoms with Gasteiger partial charge in [-0.2, -0.15) is 4.40 Å². The van der Waals surface area contributed by atoms with E-state index in [1.165, 1.54) is 23.2 Å². The normalized spacial score (nSPS) is 15.5. The maximum Gasteiger partial charge on any atom is 0.349 e. The van der Waals surface area contributed by atoms with Crippen LogP contribution in [0.5, 0.6) is 0 Å². The number of aromatic nitrogens is 3. The van der Waals surface area contributed by atoms with Gasteiger partial charge in [-0.3, -0.25) is 4.79 Å². The van der Waals surface area contributed by atoms with Crippen LogP contribution in [0.3, 0.4) is 0 Å². The summed E-state index contributed by atoms with van der Waals surface area (Å²) in [4.78, 5) is 14.7. The fourth-order valence-electron chi connectivity index (χ4n) is 4.67. The second-order valence-corrected chi connectivity index (χ2v) is 10.6. The molecule has 5 rings (SSSR count). The van der Waals surface area contributed by atoms with Gasteiger partial charge in [-0.15, -0.1) is 0 Å². The third-order valence-corrected chi connectivity index (χ3v) is 6.96. The molecule has 1 aliphatic rings. The fourth-order valence-corrected chi connectivity index (χ4v) is 5.87. The van der Waals surface area contributed by atoms with Gasteiger partial charge in [0, 0.05) is 17.3 Å². The molecule has 4 heterocycles. The second-order valence-electron chi connectivity index (χ2n) is 9.41. The minimum atomic E-state index is -0.190. The Hall–Kier alpha value is -3.06. The summed E-state index contributed by atoms with van der Waals surface area (Å²) in [7, 11) is 1.46. The van der Waals surface area contributed by atoms with E-state index >= 15 is 0 Å². The number of imidazole rings is 1. The Labute approximate surface area is 192 Å². The molecule has 0 amide bonds. The number of fused-ring (bicyclic) bond motifs is 5. The Balaban J connectivity index is 1.86. The fraction of sp³-hybridized carbons (Fsp3) is 0.360. The van der Waals surface area contributed by atoms with Gasteiger partial charge >= 0.3 is 10.9 Å². The maximum atomic E-state index is 12.3. The molecule has 1 aliphatic heterocycles. The van der Waals surface area contributed by atoms with E-state index < -0.39 is 0 Å². The number of nitrogens with one attached hydrogen (secondary N) is 1. The van der Waals surface area contributed by atoms with E-state index in [-0.39, 0.29) is 17.6 Å². The molecule has 0 bridgehead atoms. The predicted molar refractivity (Wildman–Crippen MR) is 128 cm³/mol. The molecule has 0 aliphatic carbocycles. The van der Waals surface area contributed by atoms with Crippen molar-refractivity contribution in [2.24, 2.45) is 0 Å². The van der Waals surface area contributed by atoms with Crippen LogP contribution < -0.4 is 9.88 Å². The number of nitrogens with zero attached hydrogens (tertiary/aromatic N) is 3. The molecule has 1 N–H and O–H groups in total. The molecule has 0 spiro atoms. The van der Waals surface area contributed by atoms with Gasteiger partial charge in [-0.25, -0.2) is 4.57 Å². The van der Waals surface area contributed by atoms with Crippen molar-refractivity contribution in [1.82, 2.24) is 8.97 Å². The van der Waals surface area contributed by atoms with Crippen LogP contribution in [0.4, 0.5) is 5.82 Å². The van der Waals surface area contributed by atoms with Gasteiger partial charge in [0.05, 0.1) is 30.6 Å². The first kappa shape index (κ1) is 20.8. The number of methoxy groups -OCH3 is 1. The molecule has 7 heteroatoms. The highest BCUT2D eigenvalue weighted by atomic mass is 32.1. The van der Waals surface area contributed by atoms with Gasteiger partial charge in [0.25, 0.3) is 5.82 Å². The SMILES string of the molecule is COC(=O)CC1Cn2cccc2-c2c(NC(C)(C)C)n3c(-c4ccccc4)c(C)sc3[n+]21. The van der Waals surface area contributed by atoms with Gasteiger partial charge in [-0.1, -0.05) is 41.7 Å². The molecule has 3 aromatic heterocycles. The number of anilines is 1. The van der Waals surface area contributed by atoms with Crippen molar-refractivity contribution in [2.75, 3.05) is 12.4 Å². The highest BCUT2D eigenvalue weighted by Gasteiger charge is 2.42. The maximum absolute atomic E-state index is 12.3. The molecular weight excluding hydrogens is 420 g/mol. The molecule has 0 fully saturated rings. The number of hydrogen-bond donors (Lipinski definition) is 1. The van der Waals surface area contributed by atoms with Crippen LogP contribution in [-0.4, -0.2) is 27.6 Å². The summed E-state index contributed by atoms with van der Waals surface area (Å²) in [6.07, 6.45) is 2.43. The molecule has 4 aromatic rings. The molecule has 0 saturated heterocycles. The van der Waals surface area contributed by atoms with Crippen molar-refractivity contribution in [3.63, 3.8) is 0 Å². The number of thiazole rings is 1. The Morgan fingerprint density at radius 2 is 1.97 bits per heavy atom. The van der Waals surface area contributed by atoms with E-state index in [9.17, 15) is 4.79 Å². The van der Waals surface area contributed by atoms with Crippen molar-refractivity contribution < 1.29 is 14.1 Å².